The summed E-state index contributed by atoms with van der Waals surface area (Å²) in [5.41, 5.74) is 0. The van der Waals surface area contributed by atoms with Crippen LogP contribution in [0, 0.1) is 5.92 Å². The van der Waals surface area contributed by atoms with E-state index in [1.807, 2.05) is 0 Å². The van der Waals surface area contributed by atoms with E-state index in [1.165, 1.54) is 45.2 Å². The van der Waals surface area contributed by atoms with E-state index in [1.54, 1.807) is 0 Å². The Bertz CT molecular complexity index is 211. The minimum absolute atomic E-state index is 0.757. The third-order valence-electron chi connectivity index (χ3n) is 4.28. The molecule has 1 N–H and O–H groups in total. The van der Waals surface area contributed by atoms with E-state index in [2.05, 4.69) is 31.0 Å². The van der Waals surface area contributed by atoms with Gasteiger partial charge in [0, 0.05) is 24.7 Å². The van der Waals surface area contributed by atoms with E-state index in [-0.39, 0.29) is 0 Å². The fourth-order valence-electron chi connectivity index (χ4n) is 3.04. The van der Waals surface area contributed by atoms with Crippen molar-refractivity contribution < 1.29 is 0 Å². The van der Waals surface area contributed by atoms with Gasteiger partial charge in [0.2, 0.25) is 0 Å². The van der Waals surface area contributed by atoms with Gasteiger partial charge in [-0.1, -0.05) is 20.8 Å². The third kappa shape index (κ3) is 2.98. The highest BCUT2D eigenvalue weighted by Gasteiger charge is 2.32. The van der Waals surface area contributed by atoms with Crippen molar-refractivity contribution in [3.63, 3.8) is 0 Å². The number of rotatable bonds is 6. The molecule has 2 fully saturated rings. The summed E-state index contributed by atoms with van der Waals surface area (Å²) in [5.74, 6) is 0.776. The Morgan fingerprint density at radius 2 is 2.00 bits per heavy atom. The van der Waals surface area contributed by atoms with Crippen LogP contribution in [-0.4, -0.2) is 36.1 Å². The Labute approximate surface area is 101 Å². The van der Waals surface area contributed by atoms with Gasteiger partial charge in [-0.25, -0.2) is 0 Å². The topological polar surface area (TPSA) is 15.3 Å². The van der Waals surface area contributed by atoms with E-state index in [4.69, 9.17) is 0 Å². The molecule has 1 saturated carbocycles. The van der Waals surface area contributed by atoms with Crippen LogP contribution < -0.4 is 5.32 Å². The highest BCUT2D eigenvalue weighted by atomic mass is 15.2. The van der Waals surface area contributed by atoms with Crippen molar-refractivity contribution in [3.8, 4) is 0 Å². The number of hydrogen-bond acceptors (Lipinski definition) is 2. The minimum Gasteiger partial charge on any atom is -0.312 e. The maximum absolute atomic E-state index is 3.72. The predicted molar refractivity (Wildman–Crippen MR) is 69.7 cm³/mol. The molecule has 0 aromatic heterocycles. The van der Waals surface area contributed by atoms with Crippen molar-refractivity contribution in [2.45, 2.75) is 71.0 Å². The van der Waals surface area contributed by atoms with Gasteiger partial charge in [-0.2, -0.15) is 0 Å². The molecule has 0 spiro atoms. The molecule has 0 amide bonds. The van der Waals surface area contributed by atoms with Crippen LogP contribution in [0.5, 0.6) is 0 Å². The molecular weight excluding hydrogens is 196 g/mol. The highest BCUT2D eigenvalue weighted by Crippen LogP contribution is 2.26. The Kier molecular flexibility index (Phi) is 4.26. The average Bonchev–Trinajstić information content (AvgIpc) is 2.95. The summed E-state index contributed by atoms with van der Waals surface area (Å²) < 4.78 is 0. The van der Waals surface area contributed by atoms with Gasteiger partial charge in [-0.3, -0.25) is 4.90 Å². The molecule has 16 heavy (non-hydrogen) atoms. The van der Waals surface area contributed by atoms with Crippen molar-refractivity contribution in [1.29, 1.82) is 0 Å². The van der Waals surface area contributed by atoms with E-state index >= 15 is 0 Å². The normalized spacial score (nSPS) is 28.9. The Hall–Kier alpha value is -0.0800. The summed E-state index contributed by atoms with van der Waals surface area (Å²) in [6, 6.07) is 2.46. The zero-order chi connectivity index (χ0) is 11.5. The summed E-state index contributed by atoms with van der Waals surface area (Å²) >= 11 is 0. The van der Waals surface area contributed by atoms with E-state index in [0.717, 1.165) is 24.0 Å². The number of nitrogens with zero attached hydrogens (tertiary/aromatic N) is 1. The number of nitrogens with one attached hydrogen (secondary N) is 1. The van der Waals surface area contributed by atoms with E-state index in [0.29, 0.717) is 0 Å². The predicted octanol–water partition coefficient (Wildman–Crippen LogP) is 2.64. The number of likely N-dealkylation sites (tertiary alicyclic amines) is 1. The van der Waals surface area contributed by atoms with Crippen molar-refractivity contribution in [2.75, 3.05) is 13.1 Å². The maximum atomic E-state index is 3.72. The smallest absolute Gasteiger partial charge is 0.0246 e. The molecule has 94 valence electrons. The van der Waals surface area contributed by atoms with Crippen molar-refractivity contribution in [3.05, 3.63) is 0 Å². The van der Waals surface area contributed by atoms with Gasteiger partial charge in [0.1, 0.15) is 0 Å². The Morgan fingerprint density at radius 3 is 2.56 bits per heavy atom. The molecule has 0 bridgehead atoms. The lowest BCUT2D eigenvalue weighted by Crippen LogP contribution is -2.48. The summed E-state index contributed by atoms with van der Waals surface area (Å²) in [7, 11) is 0. The average molecular weight is 224 g/mol. The summed E-state index contributed by atoms with van der Waals surface area (Å²) in [6.45, 7) is 9.63. The van der Waals surface area contributed by atoms with Crippen LogP contribution in [0.3, 0.4) is 0 Å². The Morgan fingerprint density at radius 1 is 1.25 bits per heavy atom. The lowest BCUT2D eigenvalue weighted by molar-refractivity contribution is 0.134. The van der Waals surface area contributed by atoms with Crippen LogP contribution in [0.1, 0.15) is 52.9 Å². The zero-order valence-electron chi connectivity index (χ0n) is 11.2. The number of hydrogen-bond donors (Lipinski definition) is 1. The third-order valence-corrected chi connectivity index (χ3v) is 4.28. The lowest BCUT2D eigenvalue weighted by Gasteiger charge is -2.35. The highest BCUT2D eigenvalue weighted by molar-refractivity contribution is 4.89. The molecule has 2 nitrogen and oxygen atoms in total. The molecule has 1 aliphatic carbocycles. The molecule has 2 unspecified atom stereocenters. The molecule has 2 aliphatic rings. The second-order valence-electron chi connectivity index (χ2n) is 5.94. The summed E-state index contributed by atoms with van der Waals surface area (Å²) in [5, 5.41) is 3.72. The molecule has 0 aromatic carbocycles. The van der Waals surface area contributed by atoms with Crippen LogP contribution in [0.25, 0.3) is 0 Å². The molecule has 1 heterocycles. The zero-order valence-corrected chi connectivity index (χ0v) is 11.2. The van der Waals surface area contributed by atoms with E-state index < -0.39 is 0 Å². The van der Waals surface area contributed by atoms with Gasteiger partial charge in [0.15, 0.2) is 0 Å². The molecular formula is C14H28N2. The monoisotopic (exact) mass is 224 g/mol. The van der Waals surface area contributed by atoms with Crippen LogP contribution in [-0.2, 0) is 0 Å². The van der Waals surface area contributed by atoms with Crippen LogP contribution in [0.2, 0.25) is 0 Å². The molecule has 2 atom stereocenters. The standard InChI is InChI=1S/C14H28N2/c1-4-13-6-5-9-16(13)14(11(2)3)10-15-12-7-8-12/h11-15H,4-10H2,1-3H3. The summed E-state index contributed by atoms with van der Waals surface area (Å²) in [6.07, 6.45) is 6.96. The van der Waals surface area contributed by atoms with Crippen molar-refractivity contribution in [2.24, 2.45) is 5.92 Å². The first-order valence-electron chi connectivity index (χ1n) is 7.21. The minimum atomic E-state index is 0.757. The van der Waals surface area contributed by atoms with E-state index in [9.17, 15) is 0 Å². The molecule has 2 rings (SSSR count). The van der Waals surface area contributed by atoms with Gasteiger partial charge in [-0.15, -0.1) is 0 Å². The van der Waals surface area contributed by atoms with Crippen LogP contribution >= 0.6 is 0 Å². The van der Waals surface area contributed by atoms with Crippen molar-refractivity contribution in [1.82, 2.24) is 10.2 Å². The molecule has 1 saturated heterocycles. The first kappa shape index (κ1) is 12.4. The molecule has 1 aliphatic heterocycles. The van der Waals surface area contributed by atoms with Gasteiger partial charge in [0.25, 0.3) is 0 Å². The lowest BCUT2D eigenvalue weighted by atomic mass is 10.0. The van der Waals surface area contributed by atoms with Crippen molar-refractivity contribution >= 4 is 0 Å². The largest absolute Gasteiger partial charge is 0.312 e. The quantitative estimate of drug-likeness (QED) is 0.746. The van der Waals surface area contributed by atoms with Gasteiger partial charge < -0.3 is 5.32 Å². The second-order valence-corrected chi connectivity index (χ2v) is 5.94. The summed E-state index contributed by atoms with van der Waals surface area (Å²) in [4.78, 5) is 2.78. The molecule has 0 radical (unpaired) electrons. The van der Waals surface area contributed by atoms with Gasteiger partial charge >= 0.3 is 0 Å². The van der Waals surface area contributed by atoms with Gasteiger partial charge in [0.05, 0.1) is 0 Å². The fraction of sp³-hybridized carbons (Fsp3) is 1.00. The fourth-order valence-corrected chi connectivity index (χ4v) is 3.04. The van der Waals surface area contributed by atoms with Gasteiger partial charge in [-0.05, 0) is 44.6 Å². The SMILES string of the molecule is CCC1CCCN1C(CNC1CC1)C(C)C. The second kappa shape index (κ2) is 5.50. The Balaban J connectivity index is 1.88. The van der Waals surface area contributed by atoms with Crippen LogP contribution in [0.15, 0.2) is 0 Å². The molecule has 2 heteroatoms. The first-order chi connectivity index (χ1) is 7.72. The first-order valence-corrected chi connectivity index (χ1v) is 7.21. The van der Waals surface area contributed by atoms with Crippen LogP contribution in [0.4, 0.5) is 0 Å². The molecule has 0 aromatic rings. The maximum Gasteiger partial charge on any atom is 0.0246 e.